The zero-order valence-electron chi connectivity index (χ0n) is 8.11. The maximum Gasteiger partial charge on any atom is 0.240 e. The molecule has 0 saturated carbocycles. The van der Waals surface area contributed by atoms with E-state index in [9.17, 15) is 9.90 Å². The van der Waals surface area contributed by atoms with Gasteiger partial charge in [-0.2, -0.15) is 0 Å². The van der Waals surface area contributed by atoms with E-state index in [4.69, 9.17) is 0 Å². The maximum atomic E-state index is 11.9. The summed E-state index contributed by atoms with van der Waals surface area (Å²) in [5.74, 6) is 1.98. The second-order valence-corrected chi connectivity index (χ2v) is 4.86. The number of carbonyl (C=O) groups is 1. The van der Waals surface area contributed by atoms with Gasteiger partial charge in [0.1, 0.15) is 0 Å². The number of nitrogens with zero attached hydrogens (tertiary/aromatic N) is 1. The molecule has 2 aliphatic rings. The van der Waals surface area contributed by atoms with Crippen LogP contribution in [0.4, 0.5) is 0 Å². The fraction of sp³-hybridized carbons (Fsp3) is 0.889. The van der Waals surface area contributed by atoms with E-state index in [1.54, 1.807) is 11.8 Å². The number of rotatable bonds is 1. The first-order chi connectivity index (χ1) is 6.77. The number of thioether (sulfide) groups is 1. The zero-order valence-corrected chi connectivity index (χ0v) is 8.92. The molecule has 0 spiro atoms. The Bertz CT molecular complexity index is 211. The van der Waals surface area contributed by atoms with Crippen LogP contribution in [0.1, 0.15) is 12.8 Å². The van der Waals surface area contributed by atoms with Gasteiger partial charge in [-0.25, -0.2) is 0 Å². The number of hydrogen-bond donors (Lipinski definition) is 2. The predicted molar refractivity (Wildman–Crippen MR) is 56.1 cm³/mol. The number of likely N-dealkylation sites (tertiary alicyclic amines) is 1. The molecule has 1 unspecified atom stereocenters. The summed E-state index contributed by atoms with van der Waals surface area (Å²) in [6, 6.07) is 0.00948. The molecule has 2 saturated heterocycles. The molecule has 2 fully saturated rings. The van der Waals surface area contributed by atoms with Crippen LogP contribution in [0.15, 0.2) is 0 Å². The van der Waals surface area contributed by atoms with Crippen molar-refractivity contribution in [1.29, 1.82) is 0 Å². The molecule has 14 heavy (non-hydrogen) atoms. The van der Waals surface area contributed by atoms with Crippen molar-refractivity contribution in [1.82, 2.24) is 10.2 Å². The Labute approximate surface area is 88.0 Å². The van der Waals surface area contributed by atoms with Crippen LogP contribution in [0.2, 0.25) is 0 Å². The standard InChI is InChI=1S/C9H16N2O2S/c12-7-1-3-11(4-2-7)9(13)8-5-14-6-10-8/h7-8,10,12H,1-6H2. The van der Waals surface area contributed by atoms with E-state index in [-0.39, 0.29) is 18.1 Å². The van der Waals surface area contributed by atoms with Gasteiger partial charge in [0.15, 0.2) is 0 Å². The van der Waals surface area contributed by atoms with Crippen LogP contribution in [0.5, 0.6) is 0 Å². The summed E-state index contributed by atoms with van der Waals surface area (Å²) >= 11 is 1.77. The van der Waals surface area contributed by atoms with Crippen molar-refractivity contribution in [3.8, 4) is 0 Å². The van der Waals surface area contributed by atoms with Gasteiger partial charge in [0.25, 0.3) is 0 Å². The summed E-state index contributed by atoms with van der Waals surface area (Å²) in [6.45, 7) is 1.42. The molecule has 0 aromatic rings. The van der Waals surface area contributed by atoms with Gasteiger partial charge in [-0.05, 0) is 12.8 Å². The Morgan fingerprint density at radius 2 is 2.14 bits per heavy atom. The minimum atomic E-state index is -0.204. The lowest BCUT2D eigenvalue weighted by molar-refractivity contribution is -0.134. The molecule has 0 aromatic carbocycles. The van der Waals surface area contributed by atoms with E-state index < -0.39 is 0 Å². The molecule has 0 radical (unpaired) electrons. The molecule has 0 bridgehead atoms. The molecular weight excluding hydrogens is 200 g/mol. The fourth-order valence-corrected chi connectivity index (χ4v) is 2.79. The highest BCUT2D eigenvalue weighted by molar-refractivity contribution is 7.99. The molecule has 2 N–H and O–H groups in total. The summed E-state index contributed by atoms with van der Waals surface area (Å²) < 4.78 is 0. The van der Waals surface area contributed by atoms with Gasteiger partial charge >= 0.3 is 0 Å². The first-order valence-electron chi connectivity index (χ1n) is 5.05. The Morgan fingerprint density at radius 3 is 2.71 bits per heavy atom. The lowest BCUT2D eigenvalue weighted by Gasteiger charge is -2.31. The Morgan fingerprint density at radius 1 is 1.43 bits per heavy atom. The number of aliphatic hydroxyl groups is 1. The summed E-state index contributed by atoms with van der Waals surface area (Å²) in [5, 5.41) is 12.5. The van der Waals surface area contributed by atoms with Gasteiger partial charge in [0.05, 0.1) is 12.1 Å². The third-order valence-electron chi connectivity index (χ3n) is 2.79. The van der Waals surface area contributed by atoms with E-state index in [1.807, 2.05) is 4.90 Å². The predicted octanol–water partition coefficient (Wildman–Crippen LogP) is -0.368. The smallest absolute Gasteiger partial charge is 0.240 e. The van der Waals surface area contributed by atoms with E-state index in [2.05, 4.69) is 5.32 Å². The molecule has 0 aromatic heterocycles. The molecular formula is C9H16N2O2S. The van der Waals surface area contributed by atoms with Gasteiger partial charge in [0, 0.05) is 24.7 Å². The normalized spacial score (nSPS) is 29.5. The number of piperidine rings is 1. The molecule has 4 nitrogen and oxygen atoms in total. The van der Waals surface area contributed by atoms with Gasteiger partial charge in [-0.3, -0.25) is 10.1 Å². The fourth-order valence-electron chi connectivity index (χ4n) is 1.86. The third kappa shape index (κ3) is 2.21. The lowest BCUT2D eigenvalue weighted by atomic mass is 10.1. The molecule has 5 heteroatoms. The summed E-state index contributed by atoms with van der Waals surface area (Å²) in [5.41, 5.74) is 0. The minimum Gasteiger partial charge on any atom is -0.393 e. The van der Waals surface area contributed by atoms with Crippen molar-refractivity contribution >= 4 is 17.7 Å². The van der Waals surface area contributed by atoms with E-state index >= 15 is 0 Å². The number of aliphatic hydroxyl groups excluding tert-OH is 1. The van der Waals surface area contributed by atoms with Gasteiger partial charge in [-0.1, -0.05) is 0 Å². The van der Waals surface area contributed by atoms with Crippen LogP contribution in [-0.4, -0.2) is 52.8 Å². The molecule has 1 atom stereocenters. The zero-order chi connectivity index (χ0) is 9.97. The van der Waals surface area contributed by atoms with E-state index in [0.29, 0.717) is 13.1 Å². The van der Waals surface area contributed by atoms with E-state index in [1.165, 1.54) is 0 Å². The van der Waals surface area contributed by atoms with Crippen LogP contribution in [-0.2, 0) is 4.79 Å². The number of amides is 1. The molecule has 2 aliphatic heterocycles. The largest absolute Gasteiger partial charge is 0.393 e. The van der Waals surface area contributed by atoms with Crippen LogP contribution < -0.4 is 5.32 Å². The topological polar surface area (TPSA) is 52.6 Å². The van der Waals surface area contributed by atoms with Gasteiger partial charge in [0.2, 0.25) is 5.91 Å². The molecule has 2 heterocycles. The molecule has 0 aliphatic carbocycles. The first-order valence-corrected chi connectivity index (χ1v) is 6.21. The van der Waals surface area contributed by atoms with Crippen molar-refractivity contribution < 1.29 is 9.90 Å². The maximum absolute atomic E-state index is 11.9. The third-order valence-corrected chi connectivity index (χ3v) is 3.73. The van der Waals surface area contributed by atoms with Crippen LogP contribution in [0, 0.1) is 0 Å². The second-order valence-electron chi connectivity index (χ2n) is 3.83. The van der Waals surface area contributed by atoms with Crippen molar-refractivity contribution in [2.75, 3.05) is 24.7 Å². The number of carbonyl (C=O) groups excluding carboxylic acids is 1. The number of hydrogen-bond acceptors (Lipinski definition) is 4. The minimum absolute atomic E-state index is 0.00948. The van der Waals surface area contributed by atoms with Crippen LogP contribution in [0.3, 0.4) is 0 Å². The highest BCUT2D eigenvalue weighted by atomic mass is 32.2. The number of nitrogens with one attached hydrogen (secondary N) is 1. The summed E-state index contributed by atoms with van der Waals surface area (Å²) in [4.78, 5) is 13.7. The molecule has 80 valence electrons. The van der Waals surface area contributed by atoms with E-state index in [0.717, 1.165) is 24.5 Å². The molecule has 1 amide bonds. The summed E-state index contributed by atoms with van der Waals surface area (Å²) in [7, 11) is 0. The Balaban J connectivity index is 1.85. The van der Waals surface area contributed by atoms with Crippen LogP contribution >= 0.6 is 11.8 Å². The average Bonchev–Trinajstić information content (AvgIpc) is 2.71. The first kappa shape index (κ1) is 10.3. The second kappa shape index (κ2) is 4.51. The van der Waals surface area contributed by atoms with Gasteiger partial charge < -0.3 is 10.0 Å². The lowest BCUT2D eigenvalue weighted by Crippen LogP contribution is -2.48. The van der Waals surface area contributed by atoms with Crippen molar-refractivity contribution in [3.05, 3.63) is 0 Å². The van der Waals surface area contributed by atoms with Crippen molar-refractivity contribution in [3.63, 3.8) is 0 Å². The highest BCUT2D eigenvalue weighted by Gasteiger charge is 2.29. The van der Waals surface area contributed by atoms with Crippen LogP contribution in [0.25, 0.3) is 0 Å². The SMILES string of the molecule is O=C(C1CSCN1)N1CCC(O)CC1. The quantitative estimate of drug-likeness (QED) is 0.628. The Hall–Kier alpha value is -0.260. The van der Waals surface area contributed by atoms with Crippen molar-refractivity contribution in [2.45, 2.75) is 25.0 Å². The monoisotopic (exact) mass is 216 g/mol. The summed E-state index contributed by atoms with van der Waals surface area (Å²) in [6.07, 6.45) is 1.25. The Kier molecular flexibility index (Phi) is 3.30. The highest BCUT2D eigenvalue weighted by Crippen LogP contribution is 2.15. The molecule has 2 rings (SSSR count). The van der Waals surface area contributed by atoms with Gasteiger partial charge in [-0.15, -0.1) is 11.8 Å². The van der Waals surface area contributed by atoms with Crippen molar-refractivity contribution in [2.24, 2.45) is 0 Å². The average molecular weight is 216 g/mol.